The maximum absolute atomic E-state index is 13.4. The van der Waals surface area contributed by atoms with E-state index in [2.05, 4.69) is 33.8 Å². The minimum atomic E-state index is -0.328. The van der Waals surface area contributed by atoms with Gasteiger partial charge in [0.05, 0.1) is 6.54 Å². The fourth-order valence-electron chi connectivity index (χ4n) is 2.07. The fourth-order valence-corrected chi connectivity index (χ4v) is 2.51. The molecule has 0 radical (unpaired) electrons. The van der Waals surface area contributed by atoms with Gasteiger partial charge in [0.2, 0.25) is 0 Å². The molecule has 1 aromatic heterocycles. The normalized spacial score (nSPS) is 10.5. The molecule has 1 heterocycles. The summed E-state index contributed by atoms with van der Waals surface area (Å²) in [6.07, 6.45) is 7.08. The van der Waals surface area contributed by atoms with Gasteiger partial charge >= 0.3 is 0 Å². The maximum Gasteiger partial charge on any atom is 0.132 e. The first-order valence-corrected chi connectivity index (χ1v) is 7.11. The molecule has 104 valence electrons. The highest BCUT2D eigenvalue weighted by Crippen LogP contribution is 2.33. The molecule has 0 atom stereocenters. The molecular formula is C15H15BrFN3. The summed E-state index contributed by atoms with van der Waals surface area (Å²) in [6, 6.07) is 4.44. The topological polar surface area (TPSA) is 43.8 Å². The van der Waals surface area contributed by atoms with Crippen molar-refractivity contribution in [2.75, 3.05) is 5.73 Å². The molecule has 0 bridgehead atoms. The Morgan fingerprint density at radius 2 is 2.25 bits per heavy atom. The average Bonchev–Trinajstić information content (AvgIpc) is 2.71. The van der Waals surface area contributed by atoms with Gasteiger partial charge in [-0.3, -0.25) is 0 Å². The van der Waals surface area contributed by atoms with Crippen LogP contribution in [0.3, 0.4) is 0 Å². The minimum absolute atomic E-state index is 0.328. The Kier molecular flexibility index (Phi) is 4.46. The van der Waals surface area contributed by atoms with Gasteiger partial charge in [-0.15, -0.1) is 6.42 Å². The Hall–Kier alpha value is -1.80. The number of benzene rings is 1. The van der Waals surface area contributed by atoms with E-state index in [1.807, 2.05) is 0 Å². The molecule has 5 heteroatoms. The van der Waals surface area contributed by atoms with Gasteiger partial charge in [0.1, 0.15) is 23.2 Å². The van der Waals surface area contributed by atoms with Crippen LogP contribution in [0.1, 0.15) is 19.2 Å². The molecule has 0 aliphatic rings. The van der Waals surface area contributed by atoms with Crippen LogP contribution in [0.4, 0.5) is 10.2 Å². The van der Waals surface area contributed by atoms with Crippen LogP contribution in [0.25, 0.3) is 11.3 Å². The molecule has 0 saturated carbocycles. The zero-order valence-corrected chi connectivity index (χ0v) is 12.7. The number of aryl methyl sites for hydroxylation is 1. The smallest absolute Gasteiger partial charge is 0.132 e. The lowest BCUT2D eigenvalue weighted by atomic mass is 10.1. The zero-order valence-electron chi connectivity index (χ0n) is 11.2. The maximum atomic E-state index is 13.4. The second-order valence-corrected chi connectivity index (χ2v) is 5.28. The van der Waals surface area contributed by atoms with Crippen molar-refractivity contribution in [3.63, 3.8) is 0 Å². The number of imidazole rings is 1. The molecule has 0 fully saturated rings. The molecule has 3 nitrogen and oxygen atoms in total. The van der Waals surface area contributed by atoms with Crippen LogP contribution in [0, 0.1) is 18.2 Å². The number of nitrogens with two attached hydrogens (primary N) is 1. The summed E-state index contributed by atoms with van der Waals surface area (Å²) < 4.78 is 16.0. The Morgan fingerprint density at radius 3 is 2.90 bits per heavy atom. The van der Waals surface area contributed by atoms with Crippen molar-refractivity contribution in [3.05, 3.63) is 34.3 Å². The molecule has 0 unspecified atom stereocenters. The summed E-state index contributed by atoms with van der Waals surface area (Å²) in [4.78, 5) is 4.54. The zero-order chi connectivity index (χ0) is 14.7. The molecule has 2 aromatic rings. The average molecular weight is 336 g/mol. The van der Waals surface area contributed by atoms with E-state index in [0.29, 0.717) is 23.6 Å². The lowest BCUT2D eigenvalue weighted by Crippen LogP contribution is -2.06. The number of hydrogen-bond acceptors (Lipinski definition) is 2. The van der Waals surface area contributed by atoms with E-state index in [-0.39, 0.29) is 5.82 Å². The standard InChI is InChI=1S/C15H15BrFN3/c1-3-5-13-19-14(15(18)20(13)8-4-2)11-9-10(17)6-7-12(11)16/h2,6-7,9H,3,5,8,18H2,1H3. The van der Waals surface area contributed by atoms with Crippen molar-refractivity contribution in [3.8, 4) is 23.6 Å². The van der Waals surface area contributed by atoms with E-state index < -0.39 is 0 Å². The third kappa shape index (κ3) is 2.70. The molecule has 0 saturated heterocycles. The summed E-state index contributed by atoms with van der Waals surface area (Å²) in [6.45, 7) is 2.42. The predicted molar refractivity (Wildman–Crippen MR) is 82.6 cm³/mol. The molecule has 20 heavy (non-hydrogen) atoms. The Labute approximate surface area is 126 Å². The first kappa shape index (κ1) is 14.6. The van der Waals surface area contributed by atoms with E-state index in [4.69, 9.17) is 12.2 Å². The highest BCUT2D eigenvalue weighted by atomic mass is 79.9. The van der Waals surface area contributed by atoms with E-state index >= 15 is 0 Å². The lowest BCUT2D eigenvalue weighted by molar-refractivity contribution is 0.628. The lowest BCUT2D eigenvalue weighted by Gasteiger charge is -2.05. The quantitative estimate of drug-likeness (QED) is 0.867. The van der Waals surface area contributed by atoms with Crippen molar-refractivity contribution in [2.24, 2.45) is 0 Å². The monoisotopic (exact) mass is 335 g/mol. The van der Waals surface area contributed by atoms with Crippen molar-refractivity contribution < 1.29 is 4.39 Å². The molecule has 0 aliphatic carbocycles. The number of rotatable bonds is 4. The number of anilines is 1. The Bertz CT molecular complexity index is 670. The largest absolute Gasteiger partial charge is 0.383 e. The highest BCUT2D eigenvalue weighted by Gasteiger charge is 2.17. The number of halogens is 2. The van der Waals surface area contributed by atoms with Crippen molar-refractivity contribution in [1.82, 2.24) is 9.55 Å². The summed E-state index contributed by atoms with van der Waals surface area (Å²) in [5.41, 5.74) is 7.33. The van der Waals surface area contributed by atoms with Crippen molar-refractivity contribution in [1.29, 1.82) is 0 Å². The van der Waals surface area contributed by atoms with E-state index in [1.54, 1.807) is 10.6 Å². The van der Waals surface area contributed by atoms with Crippen LogP contribution in [0.2, 0.25) is 0 Å². The predicted octanol–water partition coefficient (Wildman–Crippen LogP) is 3.62. The van der Waals surface area contributed by atoms with Gasteiger partial charge in [0, 0.05) is 16.5 Å². The molecule has 0 aliphatic heterocycles. The van der Waals surface area contributed by atoms with Crippen molar-refractivity contribution in [2.45, 2.75) is 26.3 Å². The number of nitrogen functional groups attached to an aromatic ring is 1. The van der Waals surface area contributed by atoms with E-state index in [0.717, 1.165) is 23.1 Å². The molecule has 2 rings (SSSR count). The minimum Gasteiger partial charge on any atom is -0.383 e. The van der Waals surface area contributed by atoms with Crippen LogP contribution in [0.5, 0.6) is 0 Å². The van der Waals surface area contributed by atoms with Crippen LogP contribution >= 0.6 is 15.9 Å². The first-order valence-electron chi connectivity index (χ1n) is 6.32. The van der Waals surface area contributed by atoms with E-state index in [1.165, 1.54) is 12.1 Å². The second-order valence-electron chi connectivity index (χ2n) is 4.43. The SMILES string of the molecule is C#CCn1c(CCC)nc(-c2cc(F)ccc2Br)c1N. The van der Waals surface area contributed by atoms with Gasteiger partial charge < -0.3 is 10.3 Å². The Morgan fingerprint density at radius 1 is 1.50 bits per heavy atom. The van der Waals surface area contributed by atoms with Gasteiger partial charge in [-0.05, 0) is 24.6 Å². The summed E-state index contributed by atoms with van der Waals surface area (Å²) in [5, 5.41) is 0. The Balaban J connectivity index is 2.60. The molecular weight excluding hydrogens is 321 g/mol. The number of terminal acetylenes is 1. The number of hydrogen-bond donors (Lipinski definition) is 1. The molecule has 0 spiro atoms. The number of nitrogens with zero attached hydrogens (tertiary/aromatic N) is 2. The number of aromatic nitrogens is 2. The highest BCUT2D eigenvalue weighted by molar-refractivity contribution is 9.10. The summed E-state index contributed by atoms with van der Waals surface area (Å²) in [7, 11) is 0. The molecule has 2 N–H and O–H groups in total. The van der Waals surface area contributed by atoms with Gasteiger partial charge in [0.15, 0.2) is 0 Å². The first-order chi connectivity index (χ1) is 9.58. The van der Waals surface area contributed by atoms with Gasteiger partial charge in [-0.1, -0.05) is 28.8 Å². The third-order valence-corrected chi connectivity index (χ3v) is 3.68. The third-order valence-electron chi connectivity index (χ3n) is 2.99. The molecule has 1 aromatic carbocycles. The van der Waals surface area contributed by atoms with Crippen LogP contribution in [0.15, 0.2) is 22.7 Å². The van der Waals surface area contributed by atoms with Crippen LogP contribution < -0.4 is 5.73 Å². The van der Waals surface area contributed by atoms with E-state index in [9.17, 15) is 4.39 Å². The van der Waals surface area contributed by atoms with Crippen LogP contribution in [-0.4, -0.2) is 9.55 Å². The molecule has 0 amide bonds. The summed E-state index contributed by atoms with van der Waals surface area (Å²) >= 11 is 3.40. The second kappa shape index (κ2) is 6.10. The summed E-state index contributed by atoms with van der Waals surface area (Å²) in [5.74, 6) is 3.54. The van der Waals surface area contributed by atoms with Crippen molar-refractivity contribution >= 4 is 21.7 Å². The fraction of sp³-hybridized carbons (Fsp3) is 0.267. The van der Waals surface area contributed by atoms with Gasteiger partial charge in [-0.25, -0.2) is 9.37 Å². The van der Waals surface area contributed by atoms with Crippen LogP contribution in [-0.2, 0) is 13.0 Å². The van der Waals surface area contributed by atoms with Gasteiger partial charge in [-0.2, -0.15) is 0 Å². The van der Waals surface area contributed by atoms with Gasteiger partial charge in [0.25, 0.3) is 0 Å².